The van der Waals surface area contributed by atoms with Crippen LogP contribution < -0.4 is 5.32 Å². The molecule has 0 aliphatic carbocycles. The monoisotopic (exact) mass is 295 g/mol. The first kappa shape index (κ1) is 14.4. The van der Waals surface area contributed by atoms with Gasteiger partial charge in [-0.15, -0.1) is 0 Å². The summed E-state index contributed by atoms with van der Waals surface area (Å²) >= 11 is 0. The molecule has 0 spiro atoms. The van der Waals surface area contributed by atoms with Crippen molar-refractivity contribution in [3.8, 4) is 0 Å². The summed E-state index contributed by atoms with van der Waals surface area (Å²) in [5, 5.41) is 26.3. The van der Waals surface area contributed by atoms with Crippen molar-refractivity contribution in [2.75, 3.05) is 5.32 Å². The molecule has 21 heavy (non-hydrogen) atoms. The number of aromatic nitrogens is 3. The van der Waals surface area contributed by atoms with E-state index in [4.69, 9.17) is 5.11 Å². The number of aromatic carboxylic acids is 1. The summed E-state index contributed by atoms with van der Waals surface area (Å²) in [6.07, 6.45) is 1.44. The first-order valence-corrected chi connectivity index (χ1v) is 5.68. The molecule has 0 amide bonds. The zero-order chi connectivity index (χ0) is 15.6. The van der Waals surface area contributed by atoms with Crippen LogP contribution in [-0.2, 0) is 13.6 Å². The highest BCUT2D eigenvalue weighted by Gasteiger charge is 2.21. The van der Waals surface area contributed by atoms with Crippen LogP contribution in [0.3, 0.4) is 0 Å². The highest BCUT2D eigenvalue weighted by Crippen LogP contribution is 2.28. The van der Waals surface area contributed by atoms with Crippen molar-refractivity contribution in [2.24, 2.45) is 7.05 Å². The molecule has 9 nitrogen and oxygen atoms in total. The van der Waals surface area contributed by atoms with Crippen LogP contribution in [0.4, 0.5) is 15.8 Å². The number of hydrogen-bond acceptors (Lipinski definition) is 6. The molecule has 2 N–H and O–H groups in total. The first-order chi connectivity index (χ1) is 9.88. The van der Waals surface area contributed by atoms with Gasteiger partial charge in [0.25, 0.3) is 5.69 Å². The number of aryl methyl sites for hydroxylation is 1. The second-order valence-corrected chi connectivity index (χ2v) is 4.10. The summed E-state index contributed by atoms with van der Waals surface area (Å²) in [6.45, 7) is 0.0353. The molecule has 0 bridgehead atoms. The number of hydrogen-bond donors (Lipinski definition) is 2. The fourth-order valence-electron chi connectivity index (χ4n) is 1.66. The zero-order valence-electron chi connectivity index (χ0n) is 10.8. The van der Waals surface area contributed by atoms with Gasteiger partial charge in [-0.1, -0.05) is 0 Å². The number of nitro benzene ring substituents is 1. The molecular weight excluding hydrogens is 285 g/mol. The number of nitro groups is 1. The van der Waals surface area contributed by atoms with Crippen molar-refractivity contribution in [3.63, 3.8) is 0 Å². The quantitative estimate of drug-likeness (QED) is 0.626. The molecule has 0 saturated carbocycles. The van der Waals surface area contributed by atoms with Crippen molar-refractivity contribution < 1.29 is 19.2 Å². The predicted molar refractivity (Wildman–Crippen MR) is 68.3 cm³/mol. The van der Waals surface area contributed by atoms with E-state index in [0.29, 0.717) is 11.9 Å². The molecule has 0 fully saturated rings. The highest BCUT2D eigenvalue weighted by molar-refractivity contribution is 5.90. The lowest BCUT2D eigenvalue weighted by Gasteiger charge is -2.07. The lowest BCUT2D eigenvalue weighted by atomic mass is 10.1. The Kier molecular flexibility index (Phi) is 3.78. The van der Waals surface area contributed by atoms with Crippen molar-refractivity contribution in [3.05, 3.63) is 45.8 Å². The Morgan fingerprint density at radius 1 is 1.57 bits per heavy atom. The van der Waals surface area contributed by atoms with Crippen LogP contribution in [0.25, 0.3) is 0 Å². The van der Waals surface area contributed by atoms with Crippen LogP contribution in [0.5, 0.6) is 0 Å². The Balaban J connectivity index is 2.31. The molecule has 1 aromatic carbocycles. The summed E-state index contributed by atoms with van der Waals surface area (Å²) in [7, 11) is 1.65. The molecule has 110 valence electrons. The number of benzene rings is 1. The molecule has 1 heterocycles. The van der Waals surface area contributed by atoms with E-state index in [1.807, 2.05) is 0 Å². The number of carboxylic acids is 1. The minimum atomic E-state index is -1.58. The second-order valence-electron chi connectivity index (χ2n) is 4.10. The average Bonchev–Trinajstić information content (AvgIpc) is 2.81. The Morgan fingerprint density at radius 2 is 2.29 bits per heavy atom. The topological polar surface area (TPSA) is 123 Å². The van der Waals surface area contributed by atoms with E-state index in [-0.39, 0.29) is 12.2 Å². The molecule has 10 heteroatoms. The summed E-state index contributed by atoms with van der Waals surface area (Å²) < 4.78 is 15.0. The minimum Gasteiger partial charge on any atom is -0.478 e. The Bertz CT molecular complexity index is 715. The van der Waals surface area contributed by atoms with E-state index in [9.17, 15) is 19.3 Å². The maximum absolute atomic E-state index is 13.6. The van der Waals surface area contributed by atoms with E-state index in [0.717, 1.165) is 6.07 Å². The number of carbonyl (C=O) groups is 1. The van der Waals surface area contributed by atoms with Gasteiger partial charge in [0.1, 0.15) is 23.4 Å². The summed E-state index contributed by atoms with van der Waals surface area (Å²) in [4.78, 5) is 24.8. The summed E-state index contributed by atoms with van der Waals surface area (Å²) in [5.74, 6) is -2.28. The summed E-state index contributed by atoms with van der Waals surface area (Å²) in [6, 6.07) is 1.44. The van der Waals surface area contributed by atoms with Crippen LogP contribution in [0.1, 0.15) is 16.2 Å². The van der Waals surface area contributed by atoms with Gasteiger partial charge < -0.3 is 10.4 Å². The fraction of sp³-hybridized carbons (Fsp3) is 0.182. The van der Waals surface area contributed by atoms with Gasteiger partial charge in [0.2, 0.25) is 0 Å². The SMILES string of the molecule is Cn1cnc(CNc2cc(F)c(C(=O)O)cc2[N+](=O)[O-])n1. The number of carboxylic acid groups (broad SMARTS) is 1. The largest absolute Gasteiger partial charge is 0.478 e. The number of nitrogens with one attached hydrogen (secondary N) is 1. The van der Waals surface area contributed by atoms with Crippen LogP contribution in [0.2, 0.25) is 0 Å². The van der Waals surface area contributed by atoms with Gasteiger partial charge in [0, 0.05) is 19.2 Å². The standard InChI is InChI=1S/C11H10FN5O4/c1-16-5-14-10(15-16)4-13-8-3-7(12)6(11(18)19)2-9(8)17(20)21/h2-3,5,13H,4H2,1H3,(H,18,19). The third-order valence-corrected chi connectivity index (χ3v) is 2.60. The smallest absolute Gasteiger partial charge is 0.338 e. The van der Waals surface area contributed by atoms with Crippen LogP contribution in [0.15, 0.2) is 18.5 Å². The van der Waals surface area contributed by atoms with Crippen molar-refractivity contribution in [2.45, 2.75) is 6.54 Å². The van der Waals surface area contributed by atoms with E-state index in [1.54, 1.807) is 7.05 Å². The maximum Gasteiger partial charge on any atom is 0.338 e. The molecule has 0 radical (unpaired) electrons. The lowest BCUT2D eigenvalue weighted by Crippen LogP contribution is -2.08. The summed E-state index contributed by atoms with van der Waals surface area (Å²) in [5.41, 5.74) is -1.44. The highest BCUT2D eigenvalue weighted by atomic mass is 19.1. The number of rotatable bonds is 5. The molecule has 0 atom stereocenters. The zero-order valence-corrected chi connectivity index (χ0v) is 10.8. The molecule has 0 aliphatic heterocycles. The minimum absolute atomic E-state index is 0.0353. The Labute approximate surface area is 117 Å². The van der Waals surface area contributed by atoms with Crippen LogP contribution in [-0.4, -0.2) is 30.8 Å². The van der Waals surface area contributed by atoms with Crippen molar-refractivity contribution in [1.82, 2.24) is 14.8 Å². The van der Waals surface area contributed by atoms with Gasteiger partial charge in [-0.3, -0.25) is 14.8 Å². The molecule has 2 aromatic rings. The van der Waals surface area contributed by atoms with Gasteiger partial charge in [0.05, 0.1) is 11.5 Å². The lowest BCUT2D eigenvalue weighted by molar-refractivity contribution is -0.384. The molecular formula is C11H10FN5O4. The maximum atomic E-state index is 13.6. The fourth-order valence-corrected chi connectivity index (χ4v) is 1.66. The van der Waals surface area contributed by atoms with Gasteiger partial charge >= 0.3 is 5.97 Å². The van der Waals surface area contributed by atoms with E-state index in [1.165, 1.54) is 11.0 Å². The van der Waals surface area contributed by atoms with Gasteiger partial charge in [-0.25, -0.2) is 14.2 Å². The van der Waals surface area contributed by atoms with E-state index < -0.39 is 28.0 Å². The number of halogens is 1. The van der Waals surface area contributed by atoms with E-state index >= 15 is 0 Å². The third kappa shape index (κ3) is 3.11. The molecule has 0 aliphatic rings. The third-order valence-electron chi connectivity index (χ3n) is 2.60. The Hall–Kier alpha value is -3.04. The first-order valence-electron chi connectivity index (χ1n) is 5.68. The van der Waals surface area contributed by atoms with Crippen molar-refractivity contribution >= 4 is 17.3 Å². The predicted octanol–water partition coefficient (Wildman–Crippen LogP) is 1.17. The van der Waals surface area contributed by atoms with Gasteiger partial charge in [-0.05, 0) is 0 Å². The van der Waals surface area contributed by atoms with E-state index in [2.05, 4.69) is 15.4 Å². The number of nitrogens with zero attached hydrogens (tertiary/aromatic N) is 4. The second kappa shape index (κ2) is 5.53. The molecule has 1 aromatic heterocycles. The Morgan fingerprint density at radius 3 is 2.81 bits per heavy atom. The van der Waals surface area contributed by atoms with Gasteiger partial charge in [0.15, 0.2) is 5.82 Å². The molecule has 0 saturated heterocycles. The number of anilines is 1. The molecule has 0 unspecified atom stereocenters. The molecule has 2 rings (SSSR count). The van der Waals surface area contributed by atoms with Crippen LogP contribution in [0, 0.1) is 15.9 Å². The van der Waals surface area contributed by atoms with Crippen LogP contribution >= 0.6 is 0 Å². The normalized spacial score (nSPS) is 10.4. The average molecular weight is 295 g/mol. The van der Waals surface area contributed by atoms with Gasteiger partial charge in [-0.2, -0.15) is 5.10 Å². The van der Waals surface area contributed by atoms with Crippen molar-refractivity contribution in [1.29, 1.82) is 0 Å².